The van der Waals surface area contributed by atoms with Crippen molar-refractivity contribution >= 4 is 21.7 Å². The minimum absolute atomic E-state index is 0.113. The first-order valence-electron chi connectivity index (χ1n) is 5.98. The number of benzene rings is 1. The van der Waals surface area contributed by atoms with Crippen LogP contribution < -0.4 is 16.0 Å². The van der Waals surface area contributed by atoms with E-state index >= 15 is 0 Å². The zero-order valence-electron chi connectivity index (χ0n) is 11.0. The first kappa shape index (κ1) is 14.7. The molecule has 0 spiro atoms. The maximum atomic E-state index is 13.2. The minimum Gasteiger partial charge on any atom is -0.438 e. The monoisotopic (exact) mass is 340 g/mol. The van der Waals surface area contributed by atoms with Crippen LogP contribution in [-0.4, -0.2) is 9.97 Å². The van der Waals surface area contributed by atoms with Crippen LogP contribution in [0, 0.1) is 5.82 Å². The minimum atomic E-state index is -0.390. The van der Waals surface area contributed by atoms with Crippen LogP contribution in [0.2, 0.25) is 0 Å². The Morgan fingerprint density at radius 2 is 2.05 bits per heavy atom. The molecule has 0 saturated carbocycles. The second kappa shape index (κ2) is 6.15. The summed E-state index contributed by atoms with van der Waals surface area (Å²) in [6.45, 7) is 3.91. The molecule has 1 aromatic carbocycles. The van der Waals surface area contributed by atoms with Gasteiger partial charge in [0, 0.05) is 18.1 Å². The molecular formula is C13H14BrFN4O. The molecule has 0 saturated heterocycles. The van der Waals surface area contributed by atoms with Crippen molar-refractivity contribution < 1.29 is 9.13 Å². The number of nitrogen functional groups attached to an aromatic ring is 1. The maximum Gasteiger partial charge on any atom is 0.224 e. The zero-order valence-corrected chi connectivity index (χ0v) is 12.6. The lowest BCUT2D eigenvalue weighted by atomic mass is 10.2. The Hall–Kier alpha value is -1.73. The standard InChI is InChI=1S/C13H14BrFN4O/c1-7(2)13-17-11(19-16)6-12(18-13)20-10-5-8(15)3-4-9(10)14/h3-7H,16H2,1-2H3,(H,17,18,19). The molecule has 0 aliphatic rings. The molecule has 2 aromatic rings. The van der Waals surface area contributed by atoms with Crippen molar-refractivity contribution in [3.63, 3.8) is 0 Å². The SMILES string of the molecule is CC(C)c1nc(NN)cc(Oc2cc(F)ccc2Br)n1. The fourth-order valence-electron chi connectivity index (χ4n) is 1.50. The van der Waals surface area contributed by atoms with Crippen molar-refractivity contribution in [2.45, 2.75) is 19.8 Å². The lowest BCUT2D eigenvalue weighted by molar-refractivity contribution is 0.450. The van der Waals surface area contributed by atoms with Crippen LogP contribution in [0.4, 0.5) is 10.2 Å². The smallest absolute Gasteiger partial charge is 0.224 e. The summed E-state index contributed by atoms with van der Waals surface area (Å²) in [6.07, 6.45) is 0. The Morgan fingerprint density at radius 1 is 1.30 bits per heavy atom. The van der Waals surface area contributed by atoms with E-state index in [9.17, 15) is 4.39 Å². The van der Waals surface area contributed by atoms with Gasteiger partial charge in [0.1, 0.15) is 23.2 Å². The first-order valence-corrected chi connectivity index (χ1v) is 6.77. The molecule has 0 bridgehead atoms. The molecule has 0 radical (unpaired) electrons. The third-order valence-corrected chi connectivity index (χ3v) is 3.15. The fourth-order valence-corrected chi connectivity index (χ4v) is 1.82. The van der Waals surface area contributed by atoms with Gasteiger partial charge in [-0.05, 0) is 28.1 Å². The Labute approximate surface area is 124 Å². The van der Waals surface area contributed by atoms with E-state index in [1.807, 2.05) is 13.8 Å². The van der Waals surface area contributed by atoms with Gasteiger partial charge in [-0.2, -0.15) is 4.98 Å². The van der Waals surface area contributed by atoms with E-state index in [1.54, 1.807) is 12.1 Å². The van der Waals surface area contributed by atoms with Gasteiger partial charge in [-0.15, -0.1) is 0 Å². The van der Waals surface area contributed by atoms with Gasteiger partial charge in [-0.1, -0.05) is 13.8 Å². The third kappa shape index (κ3) is 3.43. The van der Waals surface area contributed by atoms with Crippen LogP contribution in [0.3, 0.4) is 0 Å². The number of nitrogens with one attached hydrogen (secondary N) is 1. The van der Waals surface area contributed by atoms with Crippen molar-refractivity contribution in [2.75, 3.05) is 5.43 Å². The molecule has 2 rings (SSSR count). The number of hydrogen-bond acceptors (Lipinski definition) is 5. The summed E-state index contributed by atoms with van der Waals surface area (Å²) in [5, 5.41) is 0. The zero-order chi connectivity index (χ0) is 14.7. The number of aromatic nitrogens is 2. The number of hydrogen-bond donors (Lipinski definition) is 2. The molecular weight excluding hydrogens is 327 g/mol. The molecule has 0 fully saturated rings. The number of halogens is 2. The molecule has 0 amide bonds. The van der Waals surface area contributed by atoms with Crippen LogP contribution in [0.25, 0.3) is 0 Å². The van der Waals surface area contributed by atoms with Gasteiger partial charge in [0.05, 0.1) is 4.47 Å². The highest BCUT2D eigenvalue weighted by Crippen LogP contribution is 2.30. The van der Waals surface area contributed by atoms with Gasteiger partial charge < -0.3 is 10.2 Å². The van der Waals surface area contributed by atoms with E-state index in [0.717, 1.165) is 0 Å². The highest BCUT2D eigenvalue weighted by atomic mass is 79.9. The Morgan fingerprint density at radius 3 is 2.70 bits per heavy atom. The van der Waals surface area contributed by atoms with Gasteiger partial charge in [0.2, 0.25) is 5.88 Å². The van der Waals surface area contributed by atoms with E-state index in [4.69, 9.17) is 10.6 Å². The lowest BCUT2D eigenvalue weighted by Gasteiger charge is -2.11. The molecule has 3 N–H and O–H groups in total. The van der Waals surface area contributed by atoms with Crippen molar-refractivity contribution in [2.24, 2.45) is 5.84 Å². The average molecular weight is 341 g/mol. The Bertz CT molecular complexity index is 621. The normalized spacial score (nSPS) is 10.7. The van der Waals surface area contributed by atoms with Gasteiger partial charge in [-0.3, -0.25) is 0 Å². The maximum absolute atomic E-state index is 13.2. The van der Waals surface area contributed by atoms with E-state index in [2.05, 4.69) is 31.3 Å². The number of anilines is 1. The molecule has 0 aliphatic carbocycles. The molecule has 0 atom stereocenters. The van der Waals surface area contributed by atoms with Crippen molar-refractivity contribution in [3.8, 4) is 11.6 Å². The van der Waals surface area contributed by atoms with Crippen molar-refractivity contribution in [3.05, 3.63) is 40.4 Å². The quantitative estimate of drug-likeness (QED) is 0.657. The van der Waals surface area contributed by atoms with E-state index in [-0.39, 0.29) is 5.92 Å². The van der Waals surface area contributed by atoms with E-state index in [1.165, 1.54) is 12.1 Å². The summed E-state index contributed by atoms with van der Waals surface area (Å²) in [5.74, 6) is 6.74. The number of nitrogens with two attached hydrogens (primary N) is 1. The first-order chi connectivity index (χ1) is 9.49. The topological polar surface area (TPSA) is 73.1 Å². The van der Waals surface area contributed by atoms with Gasteiger partial charge >= 0.3 is 0 Å². The largest absolute Gasteiger partial charge is 0.438 e. The second-order valence-electron chi connectivity index (χ2n) is 4.43. The number of nitrogens with zero attached hydrogens (tertiary/aromatic N) is 2. The molecule has 7 heteroatoms. The summed E-state index contributed by atoms with van der Waals surface area (Å²) < 4.78 is 19.5. The predicted molar refractivity (Wildman–Crippen MR) is 78.1 cm³/mol. The highest BCUT2D eigenvalue weighted by Gasteiger charge is 2.11. The van der Waals surface area contributed by atoms with Crippen LogP contribution in [-0.2, 0) is 0 Å². The van der Waals surface area contributed by atoms with E-state index in [0.29, 0.717) is 27.7 Å². The molecule has 1 aromatic heterocycles. The second-order valence-corrected chi connectivity index (χ2v) is 5.28. The number of hydrazine groups is 1. The molecule has 106 valence electrons. The summed E-state index contributed by atoms with van der Waals surface area (Å²) in [7, 11) is 0. The number of ether oxygens (including phenoxy) is 1. The van der Waals surface area contributed by atoms with E-state index < -0.39 is 5.82 Å². The van der Waals surface area contributed by atoms with Crippen LogP contribution in [0.5, 0.6) is 11.6 Å². The van der Waals surface area contributed by atoms with Gasteiger partial charge in [-0.25, -0.2) is 15.2 Å². The summed E-state index contributed by atoms with van der Waals surface area (Å²) in [4.78, 5) is 8.49. The van der Waals surface area contributed by atoms with Gasteiger partial charge in [0.15, 0.2) is 0 Å². The predicted octanol–water partition coefficient (Wildman–Crippen LogP) is 3.58. The average Bonchev–Trinajstić information content (AvgIpc) is 2.42. The van der Waals surface area contributed by atoms with Crippen molar-refractivity contribution in [1.29, 1.82) is 0 Å². The van der Waals surface area contributed by atoms with Crippen molar-refractivity contribution in [1.82, 2.24) is 9.97 Å². The molecule has 0 unspecified atom stereocenters. The third-order valence-electron chi connectivity index (χ3n) is 2.49. The number of rotatable bonds is 4. The van der Waals surface area contributed by atoms with Gasteiger partial charge in [0.25, 0.3) is 0 Å². The molecule has 1 heterocycles. The summed E-state index contributed by atoms with van der Waals surface area (Å²) in [6, 6.07) is 5.72. The Balaban J connectivity index is 2.37. The summed E-state index contributed by atoms with van der Waals surface area (Å²) in [5.41, 5.74) is 2.46. The Kier molecular flexibility index (Phi) is 4.51. The van der Waals surface area contributed by atoms with Crippen LogP contribution in [0.15, 0.2) is 28.7 Å². The van der Waals surface area contributed by atoms with Crippen LogP contribution in [0.1, 0.15) is 25.6 Å². The molecule has 20 heavy (non-hydrogen) atoms. The fraction of sp³-hybridized carbons (Fsp3) is 0.231. The van der Waals surface area contributed by atoms with Crippen LogP contribution >= 0.6 is 15.9 Å². The highest BCUT2D eigenvalue weighted by molar-refractivity contribution is 9.10. The molecule has 0 aliphatic heterocycles. The summed E-state index contributed by atoms with van der Waals surface area (Å²) >= 11 is 3.30. The molecule has 5 nitrogen and oxygen atoms in total. The lowest BCUT2D eigenvalue weighted by Crippen LogP contribution is -2.11.